The monoisotopic (exact) mass is 358 g/mol. The second-order valence-corrected chi connectivity index (χ2v) is 7.34. The lowest BCUT2D eigenvalue weighted by Gasteiger charge is -2.34. The molecule has 0 aromatic heterocycles. The highest BCUT2D eigenvalue weighted by Crippen LogP contribution is 2.28. The van der Waals surface area contributed by atoms with Crippen molar-refractivity contribution in [2.75, 3.05) is 26.2 Å². The molecule has 2 heterocycles. The Kier molecular flexibility index (Phi) is 3.66. The molecule has 2 unspecified atom stereocenters. The minimum Gasteiger partial charge on any atom is -0.338 e. The molecule has 1 amide bonds. The quantitative estimate of drug-likeness (QED) is 0.848. The molecule has 0 bridgehead atoms. The zero-order valence-electron chi connectivity index (χ0n) is 12.4. The van der Waals surface area contributed by atoms with E-state index in [0.29, 0.717) is 5.92 Å². The van der Waals surface area contributed by atoms with E-state index in [1.165, 1.54) is 0 Å². The fourth-order valence-electron chi connectivity index (χ4n) is 3.75. The topological polar surface area (TPSA) is 32.3 Å². The number of nitrogens with one attached hydrogen (secondary N) is 1. The van der Waals surface area contributed by atoms with Crippen molar-refractivity contribution >= 4 is 32.6 Å². The van der Waals surface area contributed by atoms with E-state index in [4.69, 9.17) is 0 Å². The molecule has 0 saturated carbocycles. The number of hydrogen-bond donors (Lipinski definition) is 1. The average molecular weight is 359 g/mol. The van der Waals surface area contributed by atoms with Gasteiger partial charge in [0.2, 0.25) is 0 Å². The number of rotatable bonds is 1. The summed E-state index contributed by atoms with van der Waals surface area (Å²) >= 11 is 3.49. The number of benzene rings is 2. The van der Waals surface area contributed by atoms with E-state index in [9.17, 15) is 4.79 Å². The Labute approximate surface area is 138 Å². The number of carbonyl (C=O) groups is 1. The Morgan fingerprint density at radius 2 is 1.86 bits per heavy atom. The molecule has 0 spiro atoms. The zero-order chi connectivity index (χ0) is 15.1. The van der Waals surface area contributed by atoms with E-state index >= 15 is 0 Å². The van der Waals surface area contributed by atoms with Crippen LogP contribution in [0.15, 0.2) is 40.9 Å². The molecule has 0 aliphatic carbocycles. The fourth-order valence-corrected chi connectivity index (χ4v) is 4.13. The lowest BCUT2D eigenvalue weighted by atomic mass is 9.88. The maximum absolute atomic E-state index is 12.8. The van der Waals surface area contributed by atoms with Crippen LogP contribution in [0.2, 0.25) is 0 Å². The van der Waals surface area contributed by atoms with Crippen LogP contribution in [0.1, 0.15) is 16.8 Å². The summed E-state index contributed by atoms with van der Waals surface area (Å²) in [5.41, 5.74) is 0.805. The summed E-state index contributed by atoms with van der Waals surface area (Å²) in [7, 11) is 0. The minimum atomic E-state index is 0.176. The minimum absolute atomic E-state index is 0.176. The van der Waals surface area contributed by atoms with Gasteiger partial charge in [-0.05, 0) is 66.4 Å². The molecule has 2 aromatic carbocycles. The van der Waals surface area contributed by atoms with Crippen molar-refractivity contribution in [3.05, 3.63) is 46.4 Å². The van der Waals surface area contributed by atoms with E-state index in [1.807, 2.05) is 29.2 Å². The van der Waals surface area contributed by atoms with Gasteiger partial charge in [0.05, 0.1) is 0 Å². The lowest BCUT2D eigenvalue weighted by molar-refractivity contribution is 0.0642. The molecule has 0 radical (unpaired) electrons. The number of halogens is 1. The first-order valence-electron chi connectivity index (χ1n) is 7.90. The summed E-state index contributed by atoms with van der Waals surface area (Å²) in [4.78, 5) is 14.8. The number of piperidine rings is 1. The van der Waals surface area contributed by atoms with Crippen molar-refractivity contribution in [1.29, 1.82) is 0 Å². The molecule has 22 heavy (non-hydrogen) atoms. The third-order valence-corrected chi connectivity index (χ3v) is 5.53. The summed E-state index contributed by atoms with van der Waals surface area (Å²) in [5, 5.41) is 5.72. The van der Waals surface area contributed by atoms with Crippen molar-refractivity contribution in [2.24, 2.45) is 11.8 Å². The highest BCUT2D eigenvalue weighted by molar-refractivity contribution is 9.10. The smallest absolute Gasteiger partial charge is 0.253 e. The summed E-state index contributed by atoms with van der Waals surface area (Å²) in [6.45, 7) is 3.96. The van der Waals surface area contributed by atoms with Gasteiger partial charge < -0.3 is 10.2 Å². The van der Waals surface area contributed by atoms with Gasteiger partial charge in [-0.25, -0.2) is 0 Å². The highest BCUT2D eigenvalue weighted by atomic mass is 79.9. The molecule has 4 rings (SSSR count). The fraction of sp³-hybridized carbons (Fsp3) is 0.389. The summed E-state index contributed by atoms with van der Waals surface area (Å²) in [6, 6.07) is 12.2. The predicted molar refractivity (Wildman–Crippen MR) is 92.0 cm³/mol. The molecular formula is C18H19BrN2O. The van der Waals surface area contributed by atoms with Crippen molar-refractivity contribution in [3.8, 4) is 0 Å². The molecule has 2 saturated heterocycles. The first-order chi connectivity index (χ1) is 10.7. The van der Waals surface area contributed by atoms with Gasteiger partial charge in [-0.3, -0.25) is 4.79 Å². The van der Waals surface area contributed by atoms with E-state index < -0.39 is 0 Å². The first-order valence-corrected chi connectivity index (χ1v) is 8.69. The molecule has 3 nitrogen and oxygen atoms in total. The molecule has 2 aromatic rings. The Bertz CT molecular complexity index is 730. The van der Waals surface area contributed by atoms with Crippen LogP contribution >= 0.6 is 15.9 Å². The molecule has 2 atom stereocenters. The predicted octanol–water partition coefficient (Wildman–Crippen LogP) is 3.28. The van der Waals surface area contributed by atoms with Crippen LogP contribution in [0.25, 0.3) is 10.8 Å². The van der Waals surface area contributed by atoms with Gasteiger partial charge in [-0.1, -0.05) is 28.1 Å². The van der Waals surface area contributed by atoms with E-state index in [1.54, 1.807) is 0 Å². The van der Waals surface area contributed by atoms with Crippen LogP contribution < -0.4 is 5.32 Å². The van der Waals surface area contributed by atoms with Crippen LogP contribution in [-0.2, 0) is 0 Å². The Morgan fingerprint density at radius 3 is 2.77 bits per heavy atom. The van der Waals surface area contributed by atoms with E-state index in [2.05, 4.69) is 33.4 Å². The molecule has 2 fully saturated rings. The Balaban J connectivity index is 1.58. The van der Waals surface area contributed by atoms with Crippen molar-refractivity contribution in [3.63, 3.8) is 0 Å². The van der Waals surface area contributed by atoms with Gasteiger partial charge in [0.15, 0.2) is 0 Å². The number of likely N-dealkylation sites (tertiary alicyclic amines) is 1. The first kappa shape index (κ1) is 14.2. The highest BCUT2D eigenvalue weighted by Gasteiger charge is 2.34. The number of hydrogen-bond acceptors (Lipinski definition) is 2. The largest absolute Gasteiger partial charge is 0.338 e. The molecule has 114 valence electrons. The van der Waals surface area contributed by atoms with Gasteiger partial charge in [0.1, 0.15) is 0 Å². The van der Waals surface area contributed by atoms with Crippen LogP contribution in [-0.4, -0.2) is 37.0 Å². The van der Waals surface area contributed by atoms with Crippen LogP contribution in [0.5, 0.6) is 0 Å². The van der Waals surface area contributed by atoms with Crippen LogP contribution in [0.4, 0.5) is 0 Å². The van der Waals surface area contributed by atoms with E-state index in [-0.39, 0.29) is 5.91 Å². The molecule has 2 aliphatic rings. The van der Waals surface area contributed by atoms with Gasteiger partial charge in [-0.2, -0.15) is 0 Å². The maximum atomic E-state index is 12.8. The summed E-state index contributed by atoms with van der Waals surface area (Å²) in [6.07, 6.45) is 1.13. The van der Waals surface area contributed by atoms with Crippen molar-refractivity contribution in [2.45, 2.75) is 6.42 Å². The molecule has 2 aliphatic heterocycles. The Morgan fingerprint density at radius 1 is 1.09 bits per heavy atom. The third kappa shape index (κ3) is 2.55. The summed E-state index contributed by atoms with van der Waals surface area (Å²) in [5.74, 6) is 1.57. The Hall–Kier alpha value is -1.39. The van der Waals surface area contributed by atoms with Gasteiger partial charge >= 0.3 is 0 Å². The maximum Gasteiger partial charge on any atom is 0.253 e. The summed E-state index contributed by atoms with van der Waals surface area (Å²) < 4.78 is 1.06. The van der Waals surface area contributed by atoms with Crippen LogP contribution in [0.3, 0.4) is 0 Å². The third-order valence-electron chi connectivity index (χ3n) is 5.04. The number of carbonyl (C=O) groups excluding carboxylic acids is 1. The van der Waals surface area contributed by atoms with Crippen molar-refractivity contribution < 1.29 is 4.79 Å². The molecule has 1 N–H and O–H groups in total. The van der Waals surface area contributed by atoms with Crippen LogP contribution in [0, 0.1) is 11.8 Å². The van der Waals surface area contributed by atoms with Gasteiger partial charge in [0.25, 0.3) is 5.91 Å². The SMILES string of the molecule is O=C(c1ccc2cc(Br)ccc2c1)N1CCC2CNCC2C1. The standard InChI is InChI=1S/C18H19BrN2O/c19-17-4-3-12-7-14(2-1-13(12)8-17)18(22)21-6-5-15-9-20-10-16(15)11-21/h1-4,7-8,15-16,20H,5-6,9-11H2. The van der Waals surface area contributed by atoms with Crippen molar-refractivity contribution in [1.82, 2.24) is 10.2 Å². The number of nitrogens with zero attached hydrogens (tertiary/aromatic N) is 1. The lowest BCUT2D eigenvalue weighted by Crippen LogP contribution is -2.43. The van der Waals surface area contributed by atoms with Gasteiger partial charge in [0, 0.05) is 23.1 Å². The average Bonchev–Trinajstić information content (AvgIpc) is 3.01. The molecule has 4 heteroatoms. The molecular weight excluding hydrogens is 340 g/mol. The second-order valence-electron chi connectivity index (χ2n) is 6.42. The van der Waals surface area contributed by atoms with Gasteiger partial charge in [-0.15, -0.1) is 0 Å². The zero-order valence-corrected chi connectivity index (χ0v) is 14.0. The number of fused-ring (bicyclic) bond motifs is 2. The number of amides is 1. The van der Waals surface area contributed by atoms with E-state index in [0.717, 1.165) is 59.3 Å². The normalized spacial score (nSPS) is 24.5. The second kappa shape index (κ2) is 5.67.